The van der Waals surface area contributed by atoms with Gasteiger partial charge in [0.1, 0.15) is 12.4 Å². The van der Waals surface area contributed by atoms with Crippen molar-refractivity contribution in [2.75, 3.05) is 6.61 Å². The van der Waals surface area contributed by atoms with Gasteiger partial charge in [-0.15, -0.1) is 0 Å². The maximum absolute atomic E-state index is 13.7. The lowest BCUT2D eigenvalue weighted by atomic mass is 9.79. The van der Waals surface area contributed by atoms with Crippen LogP contribution in [0, 0.1) is 0 Å². The second-order valence-corrected chi connectivity index (χ2v) is 9.39. The maximum Gasteiger partial charge on any atom is 0.336 e. The number of ketones is 1. The number of ether oxygens (including phenoxy) is 2. The predicted molar refractivity (Wildman–Crippen MR) is 140 cm³/mol. The fourth-order valence-corrected chi connectivity index (χ4v) is 5.23. The Labute approximate surface area is 219 Å². The van der Waals surface area contributed by atoms with Gasteiger partial charge in [0.05, 0.1) is 23.8 Å². The number of carbonyl (C=O) groups is 2. The molecule has 0 saturated heterocycles. The summed E-state index contributed by atoms with van der Waals surface area (Å²) < 4.78 is 11.6. The molecule has 0 unspecified atom stereocenters. The molecule has 0 fully saturated rings. The smallest absolute Gasteiger partial charge is 0.336 e. The summed E-state index contributed by atoms with van der Waals surface area (Å²) in [7, 11) is 0. The Morgan fingerprint density at radius 2 is 1.72 bits per heavy atom. The fourth-order valence-electron chi connectivity index (χ4n) is 4.76. The second kappa shape index (κ2) is 9.84. The molecule has 1 atom stereocenters. The topological polar surface area (TPSA) is 64.6 Å². The number of nitrogens with one attached hydrogen (secondary N) is 1. The number of benzene rings is 3. The monoisotopic (exact) mass is 519 g/mol. The van der Waals surface area contributed by atoms with Crippen molar-refractivity contribution in [2.24, 2.45) is 0 Å². The van der Waals surface area contributed by atoms with E-state index in [0.29, 0.717) is 49.5 Å². The molecule has 0 aromatic heterocycles. The fraction of sp³-hybridized carbons (Fsp3) is 0.172. The lowest BCUT2D eigenvalue weighted by molar-refractivity contribution is -0.138. The summed E-state index contributed by atoms with van der Waals surface area (Å²) in [5.41, 5.74) is 5.12. The largest absolute Gasteiger partial charge is 0.489 e. The first-order chi connectivity index (χ1) is 17.4. The molecule has 3 aromatic carbocycles. The van der Waals surface area contributed by atoms with Gasteiger partial charge in [0.15, 0.2) is 5.78 Å². The molecule has 36 heavy (non-hydrogen) atoms. The van der Waals surface area contributed by atoms with E-state index in [1.165, 1.54) is 0 Å². The van der Waals surface area contributed by atoms with E-state index in [9.17, 15) is 9.59 Å². The van der Waals surface area contributed by atoms with Gasteiger partial charge in [-0.3, -0.25) is 4.79 Å². The van der Waals surface area contributed by atoms with Crippen LogP contribution in [0.25, 0.3) is 5.70 Å². The maximum atomic E-state index is 13.7. The number of para-hydroxylation sites is 1. The molecule has 0 amide bonds. The average Bonchev–Trinajstić information content (AvgIpc) is 3.14. The molecular weight excluding hydrogens is 497 g/mol. The summed E-state index contributed by atoms with van der Waals surface area (Å²) in [6, 6.07) is 20.1. The zero-order valence-electron chi connectivity index (χ0n) is 19.7. The van der Waals surface area contributed by atoms with Crippen LogP contribution in [0.3, 0.4) is 0 Å². The van der Waals surface area contributed by atoms with Crippen LogP contribution in [0.2, 0.25) is 10.0 Å². The van der Waals surface area contributed by atoms with Crippen molar-refractivity contribution in [3.8, 4) is 5.75 Å². The van der Waals surface area contributed by atoms with E-state index in [1.54, 1.807) is 25.1 Å². The van der Waals surface area contributed by atoms with E-state index in [0.717, 1.165) is 11.1 Å². The highest BCUT2D eigenvalue weighted by atomic mass is 35.5. The predicted octanol–water partition coefficient (Wildman–Crippen LogP) is 6.70. The molecule has 0 radical (unpaired) electrons. The van der Waals surface area contributed by atoms with E-state index in [4.69, 9.17) is 32.7 Å². The number of halogens is 2. The van der Waals surface area contributed by atoms with Crippen LogP contribution in [0.4, 0.5) is 0 Å². The molecule has 1 aliphatic carbocycles. The Kier molecular flexibility index (Phi) is 6.61. The van der Waals surface area contributed by atoms with E-state index >= 15 is 0 Å². The van der Waals surface area contributed by atoms with E-state index in [1.807, 2.05) is 55.5 Å². The van der Waals surface area contributed by atoms with Crippen LogP contribution >= 0.6 is 23.2 Å². The summed E-state index contributed by atoms with van der Waals surface area (Å²) in [5, 5.41) is 4.35. The number of hydrogen-bond acceptors (Lipinski definition) is 5. The second-order valence-electron chi connectivity index (χ2n) is 8.54. The summed E-state index contributed by atoms with van der Waals surface area (Å²) in [5.74, 6) is -0.723. The third kappa shape index (κ3) is 4.19. The number of dihydropyridines is 1. The number of carbonyl (C=O) groups excluding carboxylic acids is 2. The standard InChI is InChI=1S/C29H23Cl2NO4/c1-3-35-29(34)24-16(2)32-27-19-8-4-5-9-20(19)28(33)26(27)25(24)21-10-6-7-11-23(21)36-15-17-12-13-18(30)14-22(17)31/h4-14,25,32H,3,15H2,1-2H3/t25-/m1/s1. The number of hydrogen-bond donors (Lipinski definition) is 1. The molecule has 3 aromatic rings. The minimum Gasteiger partial charge on any atom is -0.489 e. The molecule has 1 N–H and O–H groups in total. The number of rotatable bonds is 6. The first kappa shape index (κ1) is 24.2. The van der Waals surface area contributed by atoms with Crippen molar-refractivity contribution >= 4 is 40.7 Å². The summed E-state index contributed by atoms with van der Waals surface area (Å²) in [6.07, 6.45) is 0. The molecular formula is C29H23Cl2NO4. The number of Topliss-reactive ketones (excluding diaryl/α,β-unsaturated/α-hetero) is 1. The van der Waals surface area contributed by atoms with Crippen molar-refractivity contribution in [1.29, 1.82) is 0 Å². The lowest BCUT2D eigenvalue weighted by Crippen LogP contribution is -2.29. The van der Waals surface area contributed by atoms with Gasteiger partial charge in [0.2, 0.25) is 0 Å². The van der Waals surface area contributed by atoms with Crippen LogP contribution in [0.15, 0.2) is 83.6 Å². The molecule has 1 aliphatic heterocycles. The van der Waals surface area contributed by atoms with Crippen LogP contribution in [-0.2, 0) is 16.1 Å². The molecule has 7 heteroatoms. The molecule has 1 heterocycles. The first-order valence-corrected chi connectivity index (χ1v) is 12.3. The minimum absolute atomic E-state index is 0.122. The van der Waals surface area contributed by atoms with E-state index in [2.05, 4.69) is 5.32 Å². The summed E-state index contributed by atoms with van der Waals surface area (Å²) in [6.45, 7) is 3.99. The molecule has 0 saturated carbocycles. The molecule has 5 rings (SSSR count). The van der Waals surface area contributed by atoms with Gasteiger partial charge in [-0.25, -0.2) is 4.79 Å². The zero-order chi connectivity index (χ0) is 25.4. The third-order valence-electron chi connectivity index (χ3n) is 6.37. The van der Waals surface area contributed by atoms with Crippen molar-refractivity contribution in [2.45, 2.75) is 26.4 Å². The van der Waals surface area contributed by atoms with Gasteiger partial charge in [0, 0.05) is 43.6 Å². The first-order valence-electron chi connectivity index (χ1n) is 11.6. The van der Waals surface area contributed by atoms with Crippen LogP contribution in [-0.4, -0.2) is 18.4 Å². The Morgan fingerprint density at radius 3 is 2.47 bits per heavy atom. The SMILES string of the molecule is CCOC(=O)C1=C(C)NC2=C(C(=O)c3ccccc32)[C@@H]1c1ccccc1OCc1ccc(Cl)cc1Cl. The Morgan fingerprint density at radius 1 is 1.00 bits per heavy atom. The van der Waals surface area contributed by atoms with Gasteiger partial charge < -0.3 is 14.8 Å². The van der Waals surface area contributed by atoms with Gasteiger partial charge in [-0.1, -0.05) is 71.7 Å². The number of fused-ring (bicyclic) bond motifs is 2. The molecule has 182 valence electrons. The van der Waals surface area contributed by atoms with Gasteiger partial charge in [-0.05, 0) is 32.0 Å². The Hall–Kier alpha value is -3.54. The lowest BCUT2D eigenvalue weighted by Gasteiger charge is -2.30. The molecule has 0 spiro atoms. The van der Waals surface area contributed by atoms with Crippen LogP contribution < -0.4 is 10.1 Å². The molecule has 0 bridgehead atoms. The van der Waals surface area contributed by atoms with E-state index < -0.39 is 11.9 Å². The zero-order valence-corrected chi connectivity index (χ0v) is 21.2. The van der Waals surface area contributed by atoms with Crippen molar-refractivity contribution < 1.29 is 19.1 Å². The van der Waals surface area contributed by atoms with Crippen LogP contribution in [0.5, 0.6) is 5.75 Å². The third-order valence-corrected chi connectivity index (χ3v) is 6.96. The van der Waals surface area contributed by atoms with Crippen molar-refractivity contribution in [1.82, 2.24) is 5.32 Å². The average molecular weight is 520 g/mol. The van der Waals surface area contributed by atoms with Gasteiger partial charge >= 0.3 is 5.97 Å². The van der Waals surface area contributed by atoms with E-state index in [-0.39, 0.29) is 19.0 Å². The number of allylic oxidation sites excluding steroid dienone is 2. The van der Waals surface area contributed by atoms with Gasteiger partial charge in [0.25, 0.3) is 0 Å². The summed E-state index contributed by atoms with van der Waals surface area (Å²) in [4.78, 5) is 26.9. The Balaban J connectivity index is 1.61. The quantitative estimate of drug-likeness (QED) is 0.367. The number of esters is 1. The summed E-state index contributed by atoms with van der Waals surface area (Å²) >= 11 is 12.4. The molecule has 2 aliphatic rings. The normalized spacial score (nSPS) is 16.4. The van der Waals surface area contributed by atoms with Gasteiger partial charge in [-0.2, -0.15) is 0 Å². The Bertz CT molecular complexity index is 1460. The highest BCUT2D eigenvalue weighted by Crippen LogP contribution is 2.48. The molecule has 5 nitrogen and oxygen atoms in total. The highest BCUT2D eigenvalue weighted by Gasteiger charge is 2.43. The highest BCUT2D eigenvalue weighted by molar-refractivity contribution is 6.35. The van der Waals surface area contributed by atoms with Crippen LogP contribution in [0.1, 0.15) is 46.8 Å². The van der Waals surface area contributed by atoms with Crippen molar-refractivity contribution in [3.63, 3.8) is 0 Å². The van der Waals surface area contributed by atoms with Crippen molar-refractivity contribution in [3.05, 3.63) is 116 Å². The minimum atomic E-state index is -0.669.